The van der Waals surface area contributed by atoms with E-state index in [4.69, 9.17) is 10.2 Å². The van der Waals surface area contributed by atoms with Crippen molar-refractivity contribution in [3.63, 3.8) is 0 Å². The SMILES string of the molecule is Cc1c(O)c(=O)ccn1C.Cc1c(O)c(=O)ccn1C.[Cl-].[Mn+2]. The van der Waals surface area contributed by atoms with Crippen molar-refractivity contribution in [2.75, 3.05) is 0 Å². The molecular formula is C14H18ClMnN2O4+. The molecule has 8 heteroatoms. The number of hydrogen-bond acceptors (Lipinski definition) is 4. The minimum atomic E-state index is -0.324. The molecule has 121 valence electrons. The molecule has 0 spiro atoms. The third kappa shape index (κ3) is 5.26. The first-order valence-electron chi connectivity index (χ1n) is 5.96. The first kappa shape index (κ1) is 22.6. The van der Waals surface area contributed by atoms with Crippen molar-refractivity contribution >= 4 is 0 Å². The van der Waals surface area contributed by atoms with Gasteiger partial charge in [0.15, 0.2) is 11.5 Å². The summed E-state index contributed by atoms with van der Waals surface area (Å²) in [6, 6.07) is 2.67. The molecular weight excluding hydrogens is 351 g/mol. The number of nitrogens with zero attached hydrogens (tertiary/aromatic N) is 2. The Balaban J connectivity index is 0. The van der Waals surface area contributed by atoms with Gasteiger partial charge in [-0.25, -0.2) is 0 Å². The molecule has 2 N–H and O–H groups in total. The molecule has 0 bridgehead atoms. The Labute approximate surface area is 144 Å². The van der Waals surface area contributed by atoms with Crippen molar-refractivity contribution in [1.29, 1.82) is 0 Å². The summed E-state index contributed by atoms with van der Waals surface area (Å²) in [6.45, 7) is 3.38. The monoisotopic (exact) mass is 368 g/mol. The van der Waals surface area contributed by atoms with Crippen LogP contribution in [0.25, 0.3) is 0 Å². The molecule has 0 saturated carbocycles. The van der Waals surface area contributed by atoms with Gasteiger partial charge >= 0.3 is 17.1 Å². The molecule has 0 aromatic carbocycles. The van der Waals surface area contributed by atoms with Crippen molar-refractivity contribution in [2.24, 2.45) is 14.1 Å². The van der Waals surface area contributed by atoms with Crippen LogP contribution in [0, 0.1) is 13.8 Å². The van der Waals surface area contributed by atoms with E-state index in [2.05, 4.69) is 0 Å². The molecule has 0 aliphatic heterocycles. The molecule has 22 heavy (non-hydrogen) atoms. The van der Waals surface area contributed by atoms with Gasteiger partial charge < -0.3 is 31.8 Å². The van der Waals surface area contributed by atoms with Gasteiger partial charge in [0.25, 0.3) is 0 Å². The third-order valence-corrected chi connectivity index (χ3v) is 3.11. The fourth-order valence-electron chi connectivity index (χ4n) is 1.43. The van der Waals surface area contributed by atoms with E-state index in [-0.39, 0.29) is 51.8 Å². The van der Waals surface area contributed by atoms with Gasteiger partial charge in [0.1, 0.15) is 0 Å². The van der Waals surface area contributed by atoms with Crippen LogP contribution in [-0.4, -0.2) is 19.3 Å². The van der Waals surface area contributed by atoms with Gasteiger partial charge in [0.05, 0.1) is 11.4 Å². The molecule has 0 unspecified atom stereocenters. The molecule has 2 aromatic heterocycles. The zero-order chi connectivity index (χ0) is 15.4. The maximum atomic E-state index is 10.7. The smallest absolute Gasteiger partial charge is 1.00 e. The molecule has 2 rings (SSSR count). The van der Waals surface area contributed by atoms with E-state index in [9.17, 15) is 9.59 Å². The van der Waals surface area contributed by atoms with Gasteiger partial charge in [-0.2, -0.15) is 0 Å². The topological polar surface area (TPSA) is 84.5 Å². The van der Waals surface area contributed by atoms with Crippen molar-refractivity contribution < 1.29 is 39.7 Å². The summed E-state index contributed by atoms with van der Waals surface area (Å²) in [6.07, 6.45) is 3.24. The summed E-state index contributed by atoms with van der Waals surface area (Å²) in [5.41, 5.74) is 0.534. The Morgan fingerprint density at radius 3 is 1.32 bits per heavy atom. The first-order chi connectivity index (χ1) is 9.25. The number of pyridine rings is 2. The molecule has 1 radical (unpaired) electrons. The number of halogens is 1. The average molecular weight is 369 g/mol. The number of hydrogen-bond donors (Lipinski definition) is 2. The van der Waals surface area contributed by atoms with Crippen LogP contribution >= 0.6 is 0 Å². The number of aromatic nitrogens is 2. The van der Waals surface area contributed by atoms with E-state index >= 15 is 0 Å². The minimum Gasteiger partial charge on any atom is -1.00 e. The molecule has 6 nitrogen and oxygen atoms in total. The molecule has 0 atom stereocenters. The Kier molecular flexibility index (Phi) is 9.60. The fourth-order valence-corrected chi connectivity index (χ4v) is 1.43. The predicted octanol–water partition coefficient (Wildman–Crippen LogP) is -2.20. The molecule has 2 aromatic rings. The molecule has 0 aliphatic carbocycles. The van der Waals surface area contributed by atoms with Crippen molar-refractivity contribution in [1.82, 2.24) is 9.13 Å². The largest absolute Gasteiger partial charge is 2.00 e. The molecule has 0 saturated heterocycles. The van der Waals surface area contributed by atoms with E-state index in [0.29, 0.717) is 11.4 Å². The Hall–Kier alpha value is -1.69. The zero-order valence-electron chi connectivity index (χ0n) is 12.7. The second-order valence-corrected chi connectivity index (χ2v) is 4.45. The normalized spacial score (nSPS) is 8.91. The first-order valence-corrected chi connectivity index (χ1v) is 5.96. The molecule has 0 aliphatic rings. The van der Waals surface area contributed by atoms with Gasteiger partial charge in [-0.3, -0.25) is 9.59 Å². The summed E-state index contributed by atoms with van der Waals surface area (Å²) in [7, 11) is 3.54. The second kappa shape index (κ2) is 9.35. The van der Waals surface area contributed by atoms with E-state index in [1.165, 1.54) is 12.1 Å². The van der Waals surface area contributed by atoms with Crippen LogP contribution in [-0.2, 0) is 31.2 Å². The van der Waals surface area contributed by atoms with Crippen LogP contribution in [0.3, 0.4) is 0 Å². The fraction of sp³-hybridized carbons (Fsp3) is 0.286. The van der Waals surface area contributed by atoms with Crippen molar-refractivity contribution in [3.05, 3.63) is 56.4 Å². The third-order valence-electron chi connectivity index (χ3n) is 3.11. The maximum Gasteiger partial charge on any atom is 2.00 e. The van der Waals surface area contributed by atoms with Crippen LogP contribution in [0.4, 0.5) is 0 Å². The summed E-state index contributed by atoms with van der Waals surface area (Å²) < 4.78 is 3.38. The van der Waals surface area contributed by atoms with Crippen LogP contribution in [0.1, 0.15) is 11.4 Å². The molecule has 0 fully saturated rings. The summed E-state index contributed by atoms with van der Waals surface area (Å²) >= 11 is 0. The quantitative estimate of drug-likeness (QED) is 0.517. The second-order valence-electron chi connectivity index (χ2n) is 4.45. The maximum absolute atomic E-state index is 10.7. The molecule has 2 heterocycles. The molecule has 0 amide bonds. The summed E-state index contributed by atoms with van der Waals surface area (Å²) in [5.74, 6) is -0.324. The number of rotatable bonds is 0. The van der Waals surface area contributed by atoms with Gasteiger partial charge in [-0.15, -0.1) is 0 Å². The van der Waals surface area contributed by atoms with Gasteiger partial charge in [0, 0.05) is 38.6 Å². The van der Waals surface area contributed by atoms with Crippen LogP contribution in [0.15, 0.2) is 34.1 Å². The number of aryl methyl sites for hydroxylation is 2. The van der Waals surface area contributed by atoms with E-state index < -0.39 is 0 Å². The van der Waals surface area contributed by atoms with Crippen LogP contribution in [0.2, 0.25) is 0 Å². The van der Waals surface area contributed by atoms with E-state index in [0.717, 1.165) is 0 Å². The number of aromatic hydroxyl groups is 2. The summed E-state index contributed by atoms with van der Waals surface area (Å²) in [4.78, 5) is 21.5. The van der Waals surface area contributed by atoms with Crippen LogP contribution in [0.5, 0.6) is 11.5 Å². The van der Waals surface area contributed by atoms with Gasteiger partial charge in [-0.05, 0) is 13.8 Å². The van der Waals surface area contributed by atoms with E-state index in [1.807, 2.05) is 0 Å². The Morgan fingerprint density at radius 1 is 0.818 bits per heavy atom. The average Bonchev–Trinajstić information content (AvgIpc) is 2.43. The summed E-state index contributed by atoms with van der Waals surface area (Å²) in [5, 5.41) is 18.1. The van der Waals surface area contributed by atoms with Gasteiger partial charge in [-0.1, -0.05) is 0 Å². The van der Waals surface area contributed by atoms with Gasteiger partial charge in [0.2, 0.25) is 10.9 Å². The van der Waals surface area contributed by atoms with Crippen molar-refractivity contribution in [2.45, 2.75) is 13.8 Å². The standard InChI is InChI=1S/2C7H9NO2.ClH.Mn/c2*1-5-7(10)6(9)3-4-8(5)2;;/h2*3-4,10H,1-2H3;1H;/q;;;+2/p-1. The van der Waals surface area contributed by atoms with Crippen LogP contribution < -0.4 is 23.3 Å². The van der Waals surface area contributed by atoms with E-state index in [1.54, 1.807) is 49.5 Å². The minimum absolute atomic E-state index is 0. The Bertz CT molecular complexity index is 677. The Morgan fingerprint density at radius 2 is 1.09 bits per heavy atom. The predicted molar refractivity (Wildman–Crippen MR) is 76.2 cm³/mol. The zero-order valence-corrected chi connectivity index (χ0v) is 14.6. The van der Waals surface area contributed by atoms with Crippen molar-refractivity contribution in [3.8, 4) is 11.5 Å².